The summed E-state index contributed by atoms with van der Waals surface area (Å²) in [5.41, 5.74) is 12.3. The first-order valence-corrected chi connectivity index (χ1v) is 57.2. The van der Waals surface area contributed by atoms with Crippen molar-refractivity contribution in [2.45, 2.75) is 414 Å². The quantitative estimate of drug-likeness (QED) is 0.0311. The first-order chi connectivity index (χ1) is 72.1. The predicted molar refractivity (Wildman–Crippen MR) is 574 cm³/mol. The van der Waals surface area contributed by atoms with Gasteiger partial charge in [0, 0.05) is 33.4 Å². The molecule has 6 N–H and O–H groups in total. The maximum Gasteiger partial charge on any atom is 0.111 e. The van der Waals surface area contributed by atoms with Gasteiger partial charge in [0.05, 0.1) is 179 Å². The second kappa shape index (κ2) is 40.3. The molecule has 796 valence electrons. The molecule has 18 nitrogen and oxygen atoms in total. The Morgan fingerprint density at radius 3 is 0.527 bits per heavy atom. The van der Waals surface area contributed by atoms with Crippen molar-refractivity contribution in [3.63, 3.8) is 0 Å². The number of imidazole rings is 6. The number of halogens is 6. The number of nitrogens with zero attached hydrogens (tertiary/aromatic N) is 12. The van der Waals surface area contributed by atoms with E-state index in [2.05, 4.69) is 191 Å². The maximum atomic E-state index is 15.4. The molecule has 10 aliphatic carbocycles. The summed E-state index contributed by atoms with van der Waals surface area (Å²) in [7, 11) is 0. The van der Waals surface area contributed by atoms with Crippen LogP contribution in [0.5, 0.6) is 0 Å². The number of aliphatic hydroxyl groups is 6. The lowest BCUT2D eigenvalue weighted by molar-refractivity contribution is -0.0319. The van der Waals surface area contributed by atoms with Gasteiger partial charge < -0.3 is 58.0 Å². The molecule has 150 heavy (non-hydrogen) atoms. The molecule has 0 amide bonds. The Morgan fingerprint density at radius 1 is 0.233 bits per heavy atom. The molecular formula is C126H154F6N12O6. The zero-order valence-corrected chi connectivity index (χ0v) is 88.1. The van der Waals surface area contributed by atoms with Gasteiger partial charge in [-0.1, -0.05) is 146 Å². The standard InChI is InChI=1S/4C21H25FN2O.2C21H27FN2O/c4*22-20(8-5-15(6-9-20)21(25)11-12-21)10-7-18-16-3-1-2-4-17(16)19-13-23-14-24(18)19;2*1-20(2,25)15-7-10-21(22,11-8-15)12-9-18-16-5-3-4-6-17(16)19-13-23-14-24(18)19/h4*1-4,13-15,18,25H,5-12H2;2*3-6,13-15,18,25H,7-12H2,1-2H3. The molecule has 0 saturated heterocycles. The highest BCUT2D eigenvalue weighted by molar-refractivity contribution is 5.74. The van der Waals surface area contributed by atoms with Gasteiger partial charge in [-0.25, -0.2) is 56.2 Å². The van der Waals surface area contributed by atoms with Crippen molar-refractivity contribution in [1.29, 1.82) is 0 Å². The lowest BCUT2D eigenvalue weighted by Gasteiger charge is -2.39. The molecule has 6 aliphatic heterocycles. The monoisotopic (exact) mass is 2050 g/mol. The molecule has 6 atom stereocenters. The van der Waals surface area contributed by atoms with Crippen molar-refractivity contribution in [1.82, 2.24) is 57.3 Å². The molecule has 10 saturated carbocycles. The molecule has 0 spiro atoms. The third kappa shape index (κ3) is 20.9. The molecule has 0 radical (unpaired) electrons. The largest absolute Gasteiger partial charge is 0.390 e. The molecule has 16 aliphatic rings. The first kappa shape index (κ1) is 103. The molecule has 6 unspecified atom stereocenters. The summed E-state index contributed by atoms with van der Waals surface area (Å²) in [6, 6.07) is 51.6. The fourth-order valence-electron chi connectivity index (χ4n) is 29.8. The highest BCUT2D eigenvalue weighted by Gasteiger charge is 2.56. The van der Waals surface area contributed by atoms with Crippen LogP contribution in [-0.4, -0.2) is 156 Å². The van der Waals surface area contributed by atoms with Gasteiger partial charge in [-0.3, -0.25) is 0 Å². The number of alkyl halides is 6. The number of benzene rings is 6. The minimum absolute atomic E-state index is 0.188. The fourth-order valence-corrected chi connectivity index (χ4v) is 29.8. The summed E-state index contributed by atoms with van der Waals surface area (Å²) in [4.78, 5) is 25.7. The van der Waals surface area contributed by atoms with E-state index in [0.29, 0.717) is 139 Å². The van der Waals surface area contributed by atoms with Crippen LogP contribution >= 0.6 is 0 Å². The van der Waals surface area contributed by atoms with Crippen molar-refractivity contribution in [3.8, 4) is 67.5 Å². The molecule has 10 fully saturated rings. The van der Waals surface area contributed by atoms with E-state index in [9.17, 15) is 30.6 Å². The summed E-state index contributed by atoms with van der Waals surface area (Å²) in [6.07, 6.45) is 55.2. The van der Waals surface area contributed by atoms with E-state index in [0.717, 1.165) is 201 Å². The van der Waals surface area contributed by atoms with E-state index >= 15 is 26.3 Å². The summed E-state index contributed by atoms with van der Waals surface area (Å²) in [5, 5.41) is 61.5. The molecule has 0 bridgehead atoms. The van der Waals surface area contributed by atoms with Crippen molar-refractivity contribution < 1.29 is 57.0 Å². The zero-order chi connectivity index (χ0) is 104. The van der Waals surface area contributed by atoms with Gasteiger partial charge >= 0.3 is 0 Å². The van der Waals surface area contributed by atoms with Gasteiger partial charge in [0.15, 0.2) is 0 Å². The van der Waals surface area contributed by atoms with Crippen LogP contribution in [0, 0.1) is 35.5 Å². The average Bonchev–Trinajstić information content (AvgIpc) is 1.61. The fraction of sp³-hybridized carbons (Fsp3) is 0.571. The maximum absolute atomic E-state index is 15.4. The Morgan fingerprint density at radius 2 is 0.380 bits per heavy atom. The van der Waals surface area contributed by atoms with Crippen LogP contribution in [0.4, 0.5) is 26.3 Å². The summed E-state index contributed by atoms with van der Waals surface area (Å²) < 4.78 is 105. The average molecular weight is 2050 g/mol. The Balaban J connectivity index is 0.0000000986. The third-order valence-electron chi connectivity index (χ3n) is 40.2. The summed E-state index contributed by atoms with van der Waals surface area (Å²) in [6.45, 7) is 7.38. The van der Waals surface area contributed by atoms with E-state index in [4.69, 9.17) is 0 Å². The van der Waals surface area contributed by atoms with E-state index in [-0.39, 0.29) is 48.1 Å². The smallest absolute Gasteiger partial charge is 0.111 e. The van der Waals surface area contributed by atoms with Gasteiger partial charge in [-0.05, 0) is 379 Å². The van der Waals surface area contributed by atoms with Crippen LogP contribution < -0.4 is 0 Å². The highest BCUT2D eigenvalue weighted by Crippen LogP contribution is 2.60. The van der Waals surface area contributed by atoms with Gasteiger partial charge in [0.2, 0.25) is 0 Å². The minimum atomic E-state index is -1.10. The van der Waals surface area contributed by atoms with Crippen LogP contribution in [0.25, 0.3) is 67.5 Å². The van der Waals surface area contributed by atoms with E-state index in [1.807, 2.05) is 115 Å². The Bertz CT molecular complexity index is 5710. The Labute approximate surface area is 880 Å². The molecule has 12 aromatic rings. The lowest BCUT2D eigenvalue weighted by atomic mass is 9.72. The topological polar surface area (TPSA) is 228 Å². The number of rotatable bonds is 24. The van der Waals surface area contributed by atoms with Crippen LogP contribution in [-0.2, 0) is 0 Å². The second-order valence-electron chi connectivity index (χ2n) is 50.2. The van der Waals surface area contributed by atoms with Gasteiger partial charge in [0.25, 0.3) is 0 Å². The molecule has 12 heterocycles. The molecule has 24 heteroatoms. The van der Waals surface area contributed by atoms with Crippen molar-refractivity contribution in [2.24, 2.45) is 35.5 Å². The minimum Gasteiger partial charge on any atom is -0.390 e. The second-order valence-corrected chi connectivity index (χ2v) is 50.2. The van der Waals surface area contributed by atoms with E-state index in [1.54, 1.807) is 0 Å². The third-order valence-corrected chi connectivity index (χ3v) is 40.2. The van der Waals surface area contributed by atoms with Gasteiger partial charge in [0.1, 0.15) is 34.0 Å². The van der Waals surface area contributed by atoms with E-state index < -0.39 is 67.6 Å². The van der Waals surface area contributed by atoms with Gasteiger partial charge in [-0.15, -0.1) is 0 Å². The number of aromatic nitrogens is 12. The summed E-state index contributed by atoms with van der Waals surface area (Å²) in [5.74, 6) is 1.72. The normalized spacial score (nSPS) is 31.0. The first-order valence-electron chi connectivity index (χ1n) is 57.2. The molecule has 6 aromatic carbocycles. The number of fused-ring (bicyclic) bond motifs is 18. The lowest BCUT2D eigenvalue weighted by Crippen LogP contribution is -2.39. The zero-order valence-electron chi connectivity index (χ0n) is 88.1. The summed E-state index contributed by atoms with van der Waals surface area (Å²) >= 11 is 0. The van der Waals surface area contributed by atoms with Crippen LogP contribution in [0.3, 0.4) is 0 Å². The van der Waals surface area contributed by atoms with Crippen molar-refractivity contribution in [3.05, 3.63) is 254 Å². The van der Waals surface area contributed by atoms with Crippen LogP contribution in [0.2, 0.25) is 0 Å². The van der Waals surface area contributed by atoms with E-state index in [1.165, 1.54) is 66.8 Å². The molecule has 28 rings (SSSR count). The SMILES string of the molecule is CC(C)(O)C1CCC(F)(CCC2c3ccccc3-c3cncn32)CC1.CC(C)(O)C1CCC(F)(CCC2c3ccccc3-c3cncn32)CC1.OC1(C2CCC(F)(CCC3c4ccccc4-c4cncn43)CC2)CC1.OC1(C2CCC(F)(CCC3c4ccccc4-c4cncn43)CC2)CC1.OC1(C2CCC(F)(CCC3c4ccccc4-c4cncn43)CC2)CC1.OC1(C2CCC(F)(CCC3c4ccccc4-c4cncn43)CC2)CC1. The van der Waals surface area contributed by atoms with Gasteiger partial charge in [-0.2, -0.15) is 0 Å². The molecule has 6 aromatic heterocycles. The molecular weight excluding hydrogens is 1890 g/mol. The van der Waals surface area contributed by atoms with Crippen molar-refractivity contribution >= 4 is 0 Å². The number of hydrogen-bond acceptors (Lipinski definition) is 12. The Hall–Kier alpha value is -10.1. The predicted octanol–water partition coefficient (Wildman–Crippen LogP) is 28.4. The number of hydrogen-bond donors (Lipinski definition) is 6. The highest BCUT2D eigenvalue weighted by atomic mass is 19.2. The Kier molecular flexibility index (Phi) is 27.7. The van der Waals surface area contributed by atoms with Crippen molar-refractivity contribution in [2.75, 3.05) is 0 Å². The van der Waals surface area contributed by atoms with Crippen LogP contribution in [0.1, 0.15) is 380 Å². The van der Waals surface area contributed by atoms with Crippen LogP contribution in [0.15, 0.2) is 221 Å².